The summed E-state index contributed by atoms with van der Waals surface area (Å²) in [7, 11) is 3.10. The number of rotatable bonds is 5. The summed E-state index contributed by atoms with van der Waals surface area (Å²) in [5.74, 6) is 0.229. The molecule has 1 rings (SSSR count). The lowest BCUT2D eigenvalue weighted by atomic mass is 10.4. The van der Waals surface area contributed by atoms with E-state index in [1.807, 2.05) is 6.07 Å². The van der Waals surface area contributed by atoms with Crippen molar-refractivity contribution < 1.29 is 12.9 Å². The van der Waals surface area contributed by atoms with Gasteiger partial charge in [0.25, 0.3) is 0 Å². The van der Waals surface area contributed by atoms with Gasteiger partial charge in [-0.2, -0.15) is 0 Å². The van der Waals surface area contributed by atoms with Gasteiger partial charge in [0.15, 0.2) is 9.84 Å². The van der Waals surface area contributed by atoms with Gasteiger partial charge in [-0.1, -0.05) is 18.2 Å². The molecule has 0 saturated heterocycles. The Bertz CT molecular complexity index is 418. The number of hydrogen-bond donors (Lipinski definition) is 0. The van der Waals surface area contributed by atoms with E-state index in [0.29, 0.717) is 11.3 Å². The molecule has 0 atom stereocenters. The van der Waals surface area contributed by atoms with Gasteiger partial charge in [0, 0.05) is 6.42 Å². The molecule has 0 aliphatic carbocycles. The summed E-state index contributed by atoms with van der Waals surface area (Å²) in [5, 5.41) is 0. The van der Waals surface area contributed by atoms with Gasteiger partial charge in [0.05, 0.1) is 38.3 Å². The van der Waals surface area contributed by atoms with Crippen molar-refractivity contribution in [3.63, 3.8) is 0 Å². The maximum Gasteiger partial charge on any atom is 0.178 e. The fourth-order valence-corrected chi connectivity index (χ4v) is 2.79. The second kappa shape index (κ2) is 4.97. The minimum Gasteiger partial charge on any atom is -0.331 e. The highest BCUT2D eigenvalue weighted by atomic mass is 32.2. The molecule has 0 spiro atoms. The smallest absolute Gasteiger partial charge is 0.178 e. The Morgan fingerprint density at radius 3 is 2.12 bits per heavy atom. The molecule has 4 heteroatoms. The fraction of sp³-hybridized carbons (Fsp3) is 0.500. The molecule has 0 unspecified atom stereocenters. The van der Waals surface area contributed by atoms with Crippen LogP contribution in [0.2, 0.25) is 0 Å². The second-order valence-corrected chi connectivity index (χ2v) is 7.11. The number of sulfone groups is 1. The topological polar surface area (TPSA) is 34.1 Å². The van der Waals surface area contributed by atoms with Crippen molar-refractivity contribution in [1.29, 1.82) is 0 Å². The molecule has 0 radical (unpaired) electrons. The first kappa shape index (κ1) is 13.2. The minimum atomic E-state index is -3.09. The van der Waals surface area contributed by atoms with E-state index in [1.165, 1.54) is 0 Å². The van der Waals surface area contributed by atoms with E-state index in [0.717, 1.165) is 11.0 Å². The zero-order valence-electron chi connectivity index (χ0n) is 10.2. The second-order valence-electron chi connectivity index (χ2n) is 5.00. The van der Waals surface area contributed by atoms with Crippen LogP contribution in [0.15, 0.2) is 35.2 Å². The number of nitrogens with zero attached hydrogens (tertiary/aromatic N) is 1. The van der Waals surface area contributed by atoms with Crippen LogP contribution in [0.4, 0.5) is 0 Å². The third kappa shape index (κ3) is 4.33. The van der Waals surface area contributed by atoms with E-state index >= 15 is 0 Å². The Kier molecular flexibility index (Phi) is 4.10. The Hall–Kier alpha value is -0.870. The zero-order valence-corrected chi connectivity index (χ0v) is 11.0. The van der Waals surface area contributed by atoms with Crippen molar-refractivity contribution in [3.05, 3.63) is 30.3 Å². The monoisotopic (exact) mass is 242 g/mol. The van der Waals surface area contributed by atoms with Crippen LogP contribution in [0.25, 0.3) is 0 Å². The molecule has 1 aromatic carbocycles. The van der Waals surface area contributed by atoms with E-state index in [9.17, 15) is 8.42 Å². The van der Waals surface area contributed by atoms with Crippen molar-refractivity contribution >= 4 is 9.84 Å². The summed E-state index contributed by atoms with van der Waals surface area (Å²) in [4.78, 5) is 0.427. The van der Waals surface area contributed by atoms with Crippen LogP contribution in [0.5, 0.6) is 0 Å². The number of quaternary nitrogens is 1. The van der Waals surface area contributed by atoms with Crippen LogP contribution in [-0.2, 0) is 9.84 Å². The summed E-state index contributed by atoms with van der Waals surface area (Å²) >= 11 is 0. The Morgan fingerprint density at radius 1 is 1.06 bits per heavy atom. The average molecular weight is 242 g/mol. The van der Waals surface area contributed by atoms with Gasteiger partial charge in [-0.25, -0.2) is 8.42 Å². The molecule has 0 heterocycles. The van der Waals surface area contributed by atoms with Crippen LogP contribution in [-0.4, -0.2) is 46.3 Å². The predicted octanol–water partition coefficient (Wildman–Crippen LogP) is 1.56. The molecule has 0 bridgehead atoms. The molecular weight excluding hydrogens is 222 g/mol. The number of benzene rings is 1. The summed E-state index contributed by atoms with van der Waals surface area (Å²) in [6.07, 6.45) is 0.695. The van der Waals surface area contributed by atoms with Crippen molar-refractivity contribution in [2.75, 3.05) is 33.4 Å². The van der Waals surface area contributed by atoms with E-state index < -0.39 is 9.84 Å². The normalized spacial score (nSPS) is 12.7. The molecule has 0 aromatic heterocycles. The third-order valence-electron chi connectivity index (χ3n) is 2.34. The first-order valence-corrected chi connectivity index (χ1v) is 7.05. The standard InChI is InChI=1S/C12H20NO2S/c1-13(2,3)10-7-11-16(14,15)12-8-5-4-6-9-12/h4-6,8-9H,7,10-11H2,1-3H3/q+1. The van der Waals surface area contributed by atoms with Crippen molar-refractivity contribution in [3.8, 4) is 0 Å². The lowest BCUT2D eigenvalue weighted by Gasteiger charge is -2.23. The summed E-state index contributed by atoms with van der Waals surface area (Å²) < 4.78 is 24.6. The quantitative estimate of drug-likeness (QED) is 0.734. The summed E-state index contributed by atoms with van der Waals surface area (Å²) in [6, 6.07) is 8.65. The van der Waals surface area contributed by atoms with Crippen LogP contribution in [0, 0.1) is 0 Å². The van der Waals surface area contributed by atoms with Crippen LogP contribution >= 0.6 is 0 Å². The lowest BCUT2D eigenvalue weighted by molar-refractivity contribution is -0.870. The van der Waals surface area contributed by atoms with Crippen LogP contribution in [0.3, 0.4) is 0 Å². The molecule has 0 aliphatic rings. The van der Waals surface area contributed by atoms with Gasteiger partial charge in [0.1, 0.15) is 0 Å². The molecule has 3 nitrogen and oxygen atoms in total. The van der Waals surface area contributed by atoms with Gasteiger partial charge >= 0.3 is 0 Å². The maximum absolute atomic E-state index is 11.9. The molecule has 16 heavy (non-hydrogen) atoms. The van der Waals surface area contributed by atoms with Gasteiger partial charge in [0.2, 0.25) is 0 Å². The largest absolute Gasteiger partial charge is 0.331 e. The highest BCUT2D eigenvalue weighted by molar-refractivity contribution is 7.91. The first-order valence-electron chi connectivity index (χ1n) is 5.39. The maximum atomic E-state index is 11.9. The van der Waals surface area contributed by atoms with Gasteiger partial charge in [-0.3, -0.25) is 0 Å². The van der Waals surface area contributed by atoms with Crippen LogP contribution in [0.1, 0.15) is 6.42 Å². The van der Waals surface area contributed by atoms with Gasteiger partial charge in [-0.05, 0) is 12.1 Å². The Morgan fingerprint density at radius 2 is 1.62 bits per heavy atom. The molecule has 0 N–H and O–H groups in total. The Balaban J connectivity index is 2.61. The summed E-state index contributed by atoms with van der Waals surface area (Å²) in [5.41, 5.74) is 0. The highest BCUT2D eigenvalue weighted by Crippen LogP contribution is 2.11. The SMILES string of the molecule is C[N+](C)(C)CCCS(=O)(=O)c1ccccc1. The highest BCUT2D eigenvalue weighted by Gasteiger charge is 2.15. The van der Waals surface area contributed by atoms with Crippen molar-refractivity contribution in [2.24, 2.45) is 0 Å². The molecule has 0 aliphatic heterocycles. The van der Waals surface area contributed by atoms with Crippen molar-refractivity contribution in [2.45, 2.75) is 11.3 Å². The first-order chi connectivity index (χ1) is 7.31. The fourth-order valence-electron chi connectivity index (χ4n) is 1.47. The lowest BCUT2D eigenvalue weighted by Crippen LogP contribution is -2.36. The third-order valence-corrected chi connectivity index (χ3v) is 4.16. The molecule has 1 aromatic rings. The van der Waals surface area contributed by atoms with E-state index in [1.54, 1.807) is 24.3 Å². The van der Waals surface area contributed by atoms with Gasteiger partial charge in [-0.15, -0.1) is 0 Å². The van der Waals surface area contributed by atoms with Gasteiger partial charge < -0.3 is 4.48 Å². The predicted molar refractivity (Wildman–Crippen MR) is 66.0 cm³/mol. The Labute approximate surface area is 98.2 Å². The molecule has 0 fully saturated rings. The van der Waals surface area contributed by atoms with Crippen molar-refractivity contribution in [1.82, 2.24) is 0 Å². The van der Waals surface area contributed by atoms with E-state index in [4.69, 9.17) is 0 Å². The summed E-state index contributed by atoms with van der Waals surface area (Å²) in [6.45, 7) is 0.867. The number of hydrogen-bond acceptors (Lipinski definition) is 2. The molecule has 0 amide bonds. The molecule has 90 valence electrons. The zero-order chi connectivity index (χ0) is 12.2. The molecular formula is C12H20NO2S+. The van der Waals surface area contributed by atoms with E-state index in [2.05, 4.69) is 21.1 Å². The van der Waals surface area contributed by atoms with Crippen LogP contribution < -0.4 is 0 Å². The average Bonchev–Trinajstić information content (AvgIpc) is 2.17. The molecule has 0 saturated carbocycles. The van der Waals surface area contributed by atoms with E-state index in [-0.39, 0.29) is 5.75 Å². The minimum absolute atomic E-state index is 0.229.